The van der Waals surface area contributed by atoms with Crippen molar-refractivity contribution >= 4 is 17.4 Å². The van der Waals surface area contributed by atoms with E-state index in [2.05, 4.69) is 4.98 Å². The van der Waals surface area contributed by atoms with Crippen LogP contribution in [0.4, 0.5) is 0 Å². The Labute approximate surface area is 203 Å². The average molecular weight is 475 g/mol. The summed E-state index contributed by atoms with van der Waals surface area (Å²) in [5, 5.41) is 21.5. The highest BCUT2D eigenvalue weighted by molar-refractivity contribution is 6.46. The summed E-state index contributed by atoms with van der Waals surface area (Å²) in [5.74, 6) is -1.17. The maximum absolute atomic E-state index is 13.3. The summed E-state index contributed by atoms with van der Waals surface area (Å²) in [5.41, 5.74) is 1.53. The van der Waals surface area contributed by atoms with Gasteiger partial charge < -0.3 is 24.6 Å². The first-order valence-corrected chi connectivity index (χ1v) is 11.3. The fourth-order valence-corrected chi connectivity index (χ4v) is 4.11. The number of aromatic hydroxyl groups is 1. The Balaban J connectivity index is 1.87. The Morgan fingerprint density at radius 2 is 1.83 bits per heavy atom. The third kappa shape index (κ3) is 4.82. The molecule has 1 fully saturated rings. The van der Waals surface area contributed by atoms with E-state index in [1.807, 2.05) is 6.92 Å². The number of carbonyl (C=O) groups excluding carboxylic acids is 2. The van der Waals surface area contributed by atoms with E-state index < -0.39 is 17.7 Å². The first-order chi connectivity index (χ1) is 16.9. The molecule has 3 aromatic rings. The smallest absolute Gasteiger partial charge is 0.295 e. The minimum Gasteiger partial charge on any atom is -0.507 e. The van der Waals surface area contributed by atoms with Gasteiger partial charge in [0.05, 0.1) is 24.8 Å². The van der Waals surface area contributed by atoms with Crippen LogP contribution in [0.5, 0.6) is 17.2 Å². The number of hydrogen-bond acceptors (Lipinski definition) is 7. The molecular weight excluding hydrogens is 448 g/mol. The van der Waals surface area contributed by atoms with Gasteiger partial charge in [0.15, 0.2) is 11.5 Å². The quantitative estimate of drug-likeness (QED) is 0.286. The summed E-state index contributed by atoms with van der Waals surface area (Å²) in [6.07, 6.45) is 3.24. The maximum Gasteiger partial charge on any atom is 0.295 e. The van der Waals surface area contributed by atoms with Crippen molar-refractivity contribution in [3.63, 3.8) is 0 Å². The van der Waals surface area contributed by atoms with Gasteiger partial charge in [-0.25, -0.2) is 0 Å². The predicted molar refractivity (Wildman–Crippen MR) is 129 cm³/mol. The summed E-state index contributed by atoms with van der Waals surface area (Å²) in [6, 6.07) is 14.0. The zero-order chi connectivity index (χ0) is 24.9. The number of phenols is 1. The molecule has 1 amide bonds. The van der Waals surface area contributed by atoms with Crippen LogP contribution in [0.15, 0.2) is 72.6 Å². The fraction of sp³-hybridized carbons (Fsp3) is 0.222. The Morgan fingerprint density at radius 3 is 2.54 bits per heavy atom. The first kappa shape index (κ1) is 23.8. The number of ether oxygens (including phenoxy) is 2. The minimum atomic E-state index is -0.911. The summed E-state index contributed by atoms with van der Waals surface area (Å²) >= 11 is 0. The highest BCUT2D eigenvalue weighted by Crippen LogP contribution is 2.42. The van der Waals surface area contributed by atoms with Gasteiger partial charge in [-0.3, -0.25) is 14.6 Å². The number of carbonyl (C=O) groups is 2. The highest BCUT2D eigenvalue weighted by atomic mass is 16.5. The van der Waals surface area contributed by atoms with E-state index in [9.17, 15) is 19.8 Å². The van der Waals surface area contributed by atoms with Crippen molar-refractivity contribution in [1.82, 2.24) is 9.88 Å². The van der Waals surface area contributed by atoms with E-state index in [-0.39, 0.29) is 29.4 Å². The molecular formula is C27H26N2O6. The monoisotopic (exact) mass is 474 g/mol. The standard InChI is InChI=1S/C27H26N2O6/c1-3-34-20-9-5-8-19(13-20)25(31)23-24(18-10-11-21(30)22(14-18)35-4-2)29(27(33)26(23)32)16-17-7-6-12-28-15-17/h5-15,24,30-31H,3-4,16H2,1-2H3/b25-23+. The van der Waals surface area contributed by atoms with E-state index in [1.54, 1.807) is 67.8 Å². The normalized spacial score (nSPS) is 17.0. The van der Waals surface area contributed by atoms with Crippen LogP contribution in [0.3, 0.4) is 0 Å². The van der Waals surface area contributed by atoms with Crippen molar-refractivity contribution in [3.05, 3.63) is 89.3 Å². The molecule has 2 N–H and O–H groups in total. The van der Waals surface area contributed by atoms with E-state index in [0.29, 0.717) is 30.1 Å². The largest absolute Gasteiger partial charge is 0.507 e. The molecule has 1 aliphatic heterocycles. The van der Waals surface area contributed by atoms with Gasteiger partial charge in [0.25, 0.3) is 11.7 Å². The molecule has 1 aromatic heterocycles. The number of amides is 1. The van der Waals surface area contributed by atoms with Crippen LogP contribution >= 0.6 is 0 Å². The van der Waals surface area contributed by atoms with E-state index in [4.69, 9.17) is 9.47 Å². The van der Waals surface area contributed by atoms with Gasteiger partial charge in [0.1, 0.15) is 11.5 Å². The molecule has 1 unspecified atom stereocenters. The van der Waals surface area contributed by atoms with Crippen molar-refractivity contribution in [2.45, 2.75) is 26.4 Å². The van der Waals surface area contributed by atoms with E-state index in [0.717, 1.165) is 5.56 Å². The van der Waals surface area contributed by atoms with Crippen LogP contribution in [0.1, 0.15) is 36.6 Å². The van der Waals surface area contributed by atoms with Gasteiger partial charge >= 0.3 is 0 Å². The predicted octanol–water partition coefficient (Wildman–Crippen LogP) is 4.21. The van der Waals surface area contributed by atoms with Crippen LogP contribution in [0.2, 0.25) is 0 Å². The van der Waals surface area contributed by atoms with Crippen LogP contribution in [0, 0.1) is 0 Å². The van der Waals surface area contributed by atoms with Gasteiger partial charge in [-0.1, -0.05) is 24.3 Å². The molecule has 0 spiro atoms. The summed E-state index contributed by atoms with van der Waals surface area (Å²) in [4.78, 5) is 31.9. The van der Waals surface area contributed by atoms with E-state index >= 15 is 0 Å². The number of pyridine rings is 1. The zero-order valence-electron chi connectivity index (χ0n) is 19.5. The molecule has 2 aromatic carbocycles. The number of likely N-dealkylation sites (tertiary alicyclic amines) is 1. The third-order valence-corrected chi connectivity index (χ3v) is 5.63. The molecule has 0 radical (unpaired) electrons. The third-order valence-electron chi connectivity index (χ3n) is 5.63. The van der Waals surface area contributed by atoms with Crippen molar-refractivity contribution in [2.24, 2.45) is 0 Å². The molecule has 1 atom stereocenters. The molecule has 2 heterocycles. The lowest BCUT2D eigenvalue weighted by Gasteiger charge is -2.26. The molecule has 8 heteroatoms. The highest BCUT2D eigenvalue weighted by Gasteiger charge is 2.46. The number of aliphatic hydroxyl groups is 1. The fourth-order valence-electron chi connectivity index (χ4n) is 4.11. The number of Topliss-reactive ketones (excluding diaryl/α,β-unsaturated/α-hetero) is 1. The van der Waals surface area contributed by atoms with Gasteiger partial charge in [-0.2, -0.15) is 0 Å². The minimum absolute atomic E-state index is 0.0549. The van der Waals surface area contributed by atoms with Gasteiger partial charge in [0.2, 0.25) is 0 Å². The number of aromatic nitrogens is 1. The molecule has 35 heavy (non-hydrogen) atoms. The van der Waals surface area contributed by atoms with Crippen LogP contribution in [0.25, 0.3) is 5.76 Å². The number of benzene rings is 2. The average Bonchev–Trinajstić information content (AvgIpc) is 3.11. The lowest BCUT2D eigenvalue weighted by molar-refractivity contribution is -0.140. The Kier molecular flexibility index (Phi) is 7.01. The lowest BCUT2D eigenvalue weighted by Crippen LogP contribution is -2.29. The number of aliphatic hydroxyl groups excluding tert-OH is 1. The number of hydrogen-bond donors (Lipinski definition) is 2. The second kappa shape index (κ2) is 10.3. The van der Waals surface area contributed by atoms with Gasteiger partial charge in [0, 0.05) is 24.5 Å². The summed E-state index contributed by atoms with van der Waals surface area (Å²) in [6.45, 7) is 4.48. The second-order valence-corrected chi connectivity index (χ2v) is 7.91. The molecule has 4 rings (SSSR count). The Bertz CT molecular complexity index is 1270. The maximum atomic E-state index is 13.3. The Morgan fingerprint density at radius 1 is 1.03 bits per heavy atom. The van der Waals surface area contributed by atoms with Gasteiger partial charge in [-0.05, 0) is 55.3 Å². The molecule has 0 bridgehead atoms. The lowest BCUT2D eigenvalue weighted by atomic mass is 9.94. The second-order valence-electron chi connectivity index (χ2n) is 7.91. The summed E-state index contributed by atoms with van der Waals surface area (Å²) < 4.78 is 11.1. The molecule has 8 nitrogen and oxygen atoms in total. The topological polar surface area (TPSA) is 109 Å². The molecule has 0 aliphatic carbocycles. The van der Waals surface area contributed by atoms with Crippen LogP contribution in [-0.2, 0) is 16.1 Å². The number of rotatable bonds is 8. The number of ketones is 1. The zero-order valence-corrected chi connectivity index (χ0v) is 19.5. The van der Waals surface area contributed by atoms with Crippen LogP contribution < -0.4 is 9.47 Å². The molecule has 1 aliphatic rings. The molecule has 180 valence electrons. The molecule has 1 saturated heterocycles. The van der Waals surface area contributed by atoms with Crippen molar-refractivity contribution in [3.8, 4) is 17.2 Å². The van der Waals surface area contributed by atoms with Crippen molar-refractivity contribution < 1.29 is 29.3 Å². The molecule has 0 saturated carbocycles. The van der Waals surface area contributed by atoms with E-state index in [1.165, 1.54) is 11.0 Å². The number of nitrogens with zero attached hydrogens (tertiary/aromatic N) is 2. The SMILES string of the molecule is CCOc1cccc(/C(O)=C2\C(=O)C(=O)N(Cc3cccnc3)C2c2ccc(O)c(OCC)c2)c1. The number of phenolic OH excluding ortho intramolecular Hbond substituents is 1. The van der Waals surface area contributed by atoms with Gasteiger partial charge in [-0.15, -0.1) is 0 Å². The van der Waals surface area contributed by atoms with Crippen molar-refractivity contribution in [1.29, 1.82) is 0 Å². The van der Waals surface area contributed by atoms with Crippen molar-refractivity contribution in [2.75, 3.05) is 13.2 Å². The van der Waals surface area contributed by atoms with Crippen LogP contribution in [-0.4, -0.2) is 45.0 Å². The first-order valence-electron chi connectivity index (χ1n) is 11.3. The summed E-state index contributed by atoms with van der Waals surface area (Å²) in [7, 11) is 0. The Hall–Kier alpha value is -4.33.